The normalized spacial score (nSPS) is 24.2. The third-order valence-corrected chi connectivity index (χ3v) is 4.28. The second-order valence-electron chi connectivity index (χ2n) is 4.87. The molecule has 1 fully saturated rings. The maximum absolute atomic E-state index is 12.9. The van der Waals surface area contributed by atoms with Crippen molar-refractivity contribution in [2.45, 2.75) is 38.4 Å². The van der Waals surface area contributed by atoms with Gasteiger partial charge in [0.1, 0.15) is 5.82 Å². The van der Waals surface area contributed by atoms with Crippen LogP contribution >= 0.6 is 15.9 Å². The molecule has 0 spiro atoms. The van der Waals surface area contributed by atoms with Crippen LogP contribution in [0.2, 0.25) is 0 Å². The fraction of sp³-hybridized carbons (Fsp3) is 0.571. The topological polar surface area (TPSA) is 29.5 Å². The largest absolute Gasteiger partial charge is 0.396 e. The number of benzene rings is 1. The Kier molecular flexibility index (Phi) is 5.15. The lowest BCUT2D eigenvalue weighted by molar-refractivity contribution is 0.000964. The minimum atomic E-state index is -0.242. The molecular formula is C14H18BrFO2. The SMILES string of the molecule is OCC1CCC(OCc2ccc(F)cc2Br)CC1. The van der Waals surface area contributed by atoms with Crippen molar-refractivity contribution >= 4 is 15.9 Å². The number of aliphatic hydroxyl groups excluding tert-OH is 1. The summed E-state index contributed by atoms with van der Waals surface area (Å²) in [5.41, 5.74) is 0.973. The van der Waals surface area contributed by atoms with Gasteiger partial charge in [-0.15, -0.1) is 0 Å². The number of aliphatic hydroxyl groups is 1. The van der Waals surface area contributed by atoms with E-state index in [1.165, 1.54) is 12.1 Å². The first-order valence-electron chi connectivity index (χ1n) is 6.35. The van der Waals surface area contributed by atoms with Gasteiger partial charge in [-0.05, 0) is 49.3 Å². The van der Waals surface area contributed by atoms with Crippen LogP contribution in [0.15, 0.2) is 22.7 Å². The van der Waals surface area contributed by atoms with E-state index in [4.69, 9.17) is 9.84 Å². The van der Waals surface area contributed by atoms with Gasteiger partial charge in [-0.25, -0.2) is 4.39 Å². The van der Waals surface area contributed by atoms with Crippen molar-refractivity contribution in [1.82, 2.24) is 0 Å². The zero-order valence-corrected chi connectivity index (χ0v) is 11.8. The molecule has 4 heteroatoms. The van der Waals surface area contributed by atoms with Crippen LogP contribution in [0.4, 0.5) is 4.39 Å². The van der Waals surface area contributed by atoms with Gasteiger partial charge in [0.05, 0.1) is 12.7 Å². The van der Waals surface area contributed by atoms with E-state index in [1.54, 1.807) is 6.07 Å². The Morgan fingerprint density at radius 1 is 1.28 bits per heavy atom. The summed E-state index contributed by atoms with van der Waals surface area (Å²) in [5, 5.41) is 9.07. The summed E-state index contributed by atoms with van der Waals surface area (Å²) in [4.78, 5) is 0. The van der Waals surface area contributed by atoms with E-state index in [0.717, 1.165) is 35.7 Å². The molecule has 0 heterocycles. The molecule has 0 amide bonds. The second-order valence-corrected chi connectivity index (χ2v) is 5.73. The molecule has 0 bridgehead atoms. The highest BCUT2D eigenvalue weighted by atomic mass is 79.9. The maximum Gasteiger partial charge on any atom is 0.124 e. The summed E-state index contributed by atoms with van der Waals surface area (Å²) < 4.78 is 19.5. The molecule has 1 aromatic rings. The van der Waals surface area contributed by atoms with E-state index in [0.29, 0.717) is 12.5 Å². The highest BCUT2D eigenvalue weighted by Gasteiger charge is 2.21. The van der Waals surface area contributed by atoms with Gasteiger partial charge in [-0.3, -0.25) is 0 Å². The summed E-state index contributed by atoms with van der Waals surface area (Å²) in [6.45, 7) is 0.797. The summed E-state index contributed by atoms with van der Waals surface area (Å²) in [7, 11) is 0. The number of ether oxygens (including phenoxy) is 1. The van der Waals surface area contributed by atoms with Gasteiger partial charge in [-0.2, -0.15) is 0 Å². The van der Waals surface area contributed by atoms with Crippen LogP contribution in [0.3, 0.4) is 0 Å². The first-order valence-corrected chi connectivity index (χ1v) is 7.14. The lowest BCUT2D eigenvalue weighted by atomic mass is 9.88. The molecule has 0 saturated heterocycles. The Labute approximate surface area is 115 Å². The number of halogens is 2. The molecule has 1 aliphatic carbocycles. The van der Waals surface area contributed by atoms with Crippen LogP contribution in [-0.2, 0) is 11.3 Å². The Balaban J connectivity index is 1.81. The molecular weight excluding hydrogens is 299 g/mol. The van der Waals surface area contributed by atoms with Gasteiger partial charge in [0.2, 0.25) is 0 Å². The number of hydrogen-bond acceptors (Lipinski definition) is 2. The molecule has 1 N–H and O–H groups in total. The minimum Gasteiger partial charge on any atom is -0.396 e. The van der Waals surface area contributed by atoms with Crippen LogP contribution in [-0.4, -0.2) is 17.8 Å². The molecule has 100 valence electrons. The average molecular weight is 317 g/mol. The Hall–Kier alpha value is -0.450. The maximum atomic E-state index is 12.9. The predicted octanol–water partition coefficient (Wildman–Crippen LogP) is 3.66. The van der Waals surface area contributed by atoms with Crippen molar-refractivity contribution in [3.05, 3.63) is 34.1 Å². The Morgan fingerprint density at radius 2 is 2.00 bits per heavy atom. The van der Waals surface area contributed by atoms with Crippen LogP contribution in [0.5, 0.6) is 0 Å². The molecule has 1 aliphatic rings. The van der Waals surface area contributed by atoms with E-state index >= 15 is 0 Å². The van der Waals surface area contributed by atoms with Crippen LogP contribution in [0.25, 0.3) is 0 Å². The van der Waals surface area contributed by atoms with Gasteiger partial charge in [0.25, 0.3) is 0 Å². The van der Waals surface area contributed by atoms with E-state index < -0.39 is 0 Å². The third kappa shape index (κ3) is 3.77. The number of rotatable bonds is 4. The fourth-order valence-corrected chi connectivity index (χ4v) is 2.79. The van der Waals surface area contributed by atoms with E-state index in [-0.39, 0.29) is 18.5 Å². The molecule has 1 aromatic carbocycles. The van der Waals surface area contributed by atoms with E-state index in [2.05, 4.69) is 15.9 Å². The van der Waals surface area contributed by atoms with Gasteiger partial charge >= 0.3 is 0 Å². The highest BCUT2D eigenvalue weighted by Crippen LogP contribution is 2.27. The standard InChI is InChI=1S/C14H18BrFO2/c15-14-7-12(16)4-3-11(14)9-18-13-5-1-10(8-17)2-6-13/h3-4,7,10,13,17H,1-2,5-6,8-9H2. The molecule has 18 heavy (non-hydrogen) atoms. The van der Waals surface area contributed by atoms with Crippen molar-refractivity contribution in [3.63, 3.8) is 0 Å². The zero-order valence-electron chi connectivity index (χ0n) is 10.2. The Bertz CT molecular complexity index is 389. The lowest BCUT2D eigenvalue weighted by Crippen LogP contribution is -2.23. The summed E-state index contributed by atoms with van der Waals surface area (Å²) in [6.07, 6.45) is 4.34. The van der Waals surface area contributed by atoms with Crippen LogP contribution in [0, 0.1) is 11.7 Å². The van der Waals surface area contributed by atoms with Crippen LogP contribution in [0.1, 0.15) is 31.2 Å². The quantitative estimate of drug-likeness (QED) is 0.918. The van der Waals surface area contributed by atoms with Gasteiger partial charge in [-0.1, -0.05) is 22.0 Å². The highest BCUT2D eigenvalue weighted by molar-refractivity contribution is 9.10. The van der Waals surface area contributed by atoms with Crippen molar-refractivity contribution < 1.29 is 14.2 Å². The summed E-state index contributed by atoms with van der Waals surface area (Å²) in [6, 6.07) is 4.66. The predicted molar refractivity (Wildman–Crippen MR) is 71.7 cm³/mol. The Morgan fingerprint density at radius 3 is 2.61 bits per heavy atom. The molecule has 2 nitrogen and oxygen atoms in total. The van der Waals surface area contributed by atoms with Gasteiger partial charge < -0.3 is 9.84 Å². The van der Waals surface area contributed by atoms with Crippen molar-refractivity contribution in [3.8, 4) is 0 Å². The molecule has 0 aliphatic heterocycles. The number of hydrogen-bond donors (Lipinski definition) is 1. The smallest absolute Gasteiger partial charge is 0.124 e. The van der Waals surface area contributed by atoms with Crippen molar-refractivity contribution in [2.75, 3.05) is 6.61 Å². The monoisotopic (exact) mass is 316 g/mol. The summed E-state index contributed by atoms with van der Waals surface area (Å²) in [5.74, 6) is 0.205. The first kappa shape index (κ1) is 14.0. The van der Waals surface area contributed by atoms with Gasteiger partial charge in [0.15, 0.2) is 0 Å². The molecule has 1 saturated carbocycles. The van der Waals surface area contributed by atoms with Gasteiger partial charge in [0, 0.05) is 11.1 Å². The molecule has 2 rings (SSSR count). The van der Waals surface area contributed by atoms with Crippen molar-refractivity contribution in [2.24, 2.45) is 5.92 Å². The van der Waals surface area contributed by atoms with Crippen LogP contribution < -0.4 is 0 Å². The summed E-state index contributed by atoms with van der Waals surface area (Å²) >= 11 is 3.34. The average Bonchev–Trinajstić information content (AvgIpc) is 2.38. The molecule has 0 atom stereocenters. The second kappa shape index (κ2) is 6.64. The molecule has 0 aromatic heterocycles. The minimum absolute atomic E-state index is 0.242. The first-order chi connectivity index (χ1) is 8.69. The molecule has 0 unspecified atom stereocenters. The third-order valence-electron chi connectivity index (χ3n) is 3.54. The molecule has 0 radical (unpaired) electrons. The van der Waals surface area contributed by atoms with E-state index in [1.807, 2.05) is 0 Å². The van der Waals surface area contributed by atoms with Crippen molar-refractivity contribution in [1.29, 1.82) is 0 Å². The fourth-order valence-electron chi connectivity index (χ4n) is 2.33. The lowest BCUT2D eigenvalue weighted by Gasteiger charge is -2.27. The zero-order chi connectivity index (χ0) is 13.0. The van der Waals surface area contributed by atoms with E-state index in [9.17, 15) is 4.39 Å².